The molecular formula is C25H25FN2O5. The van der Waals surface area contributed by atoms with Crippen molar-refractivity contribution >= 4 is 29.4 Å². The second-order valence-electron chi connectivity index (χ2n) is 9.34. The smallest absolute Gasteiger partial charge is 0.408 e. The van der Waals surface area contributed by atoms with Gasteiger partial charge in [-0.05, 0) is 45.2 Å². The summed E-state index contributed by atoms with van der Waals surface area (Å²) >= 11 is 0. The summed E-state index contributed by atoms with van der Waals surface area (Å²) in [6.07, 6.45) is -1.25. The minimum absolute atomic E-state index is 0.0336. The van der Waals surface area contributed by atoms with Gasteiger partial charge in [-0.15, -0.1) is 0 Å². The van der Waals surface area contributed by atoms with E-state index in [-0.39, 0.29) is 29.7 Å². The Labute approximate surface area is 190 Å². The van der Waals surface area contributed by atoms with Crippen LogP contribution in [-0.2, 0) is 26.3 Å². The highest BCUT2D eigenvalue weighted by Crippen LogP contribution is 2.52. The van der Waals surface area contributed by atoms with Crippen LogP contribution in [0.3, 0.4) is 0 Å². The second kappa shape index (κ2) is 7.50. The Hall–Kier alpha value is -3.55. The van der Waals surface area contributed by atoms with Crippen molar-refractivity contribution in [2.45, 2.75) is 57.3 Å². The van der Waals surface area contributed by atoms with E-state index in [1.54, 1.807) is 51.1 Å². The van der Waals surface area contributed by atoms with Crippen molar-refractivity contribution in [2.75, 3.05) is 4.90 Å². The summed E-state index contributed by atoms with van der Waals surface area (Å²) in [5.74, 6) is -2.61. The van der Waals surface area contributed by atoms with E-state index in [0.717, 1.165) is 4.90 Å². The predicted octanol–water partition coefficient (Wildman–Crippen LogP) is 3.84. The van der Waals surface area contributed by atoms with Gasteiger partial charge < -0.3 is 4.74 Å². The summed E-state index contributed by atoms with van der Waals surface area (Å²) in [6, 6.07) is 12.7. The van der Waals surface area contributed by atoms with Crippen LogP contribution >= 0.6 is 0 Å². The quantitative estimate of drug-likeness (QED) is 0.748. The molecule has 7 nitrogen and oxygen atoms in total. The van der Waals surface area contributed by atoms with E-state index in [9.17, 15) is 19.2 Å². The molecule has 3 amide bonds. The number of rotatable bonds is 2. The number of aryl methyl sites for hydroxylation is 1. The molecule has 2 aromatic rings. The maximum Gasteiger partial charge on any atom is 0.408 e. The number of carbonyl (C=O) groups excluding carboxylic acids is 4. The third-order valence-corrected chi connectivity index (χ3v) is 6.03. The number of ether oxygens (including phenoxy) is 1. The number of amides is 3. The molecule has 0 saturated carbocycles. The molecule has 1 heterocycles. The fraction of sp³-hybridized carbons (Fsp3) is 0.360. The molecule has 0 bridgehead atoms. The topological polar surface area (TPSA) is 92.8 Å². The maximum atomic E-state index is 17.2. The number of nitrogens with zero attached hydrogens (tertiary/aromatic N) is 1. The van der Waals surface area contributed by atoms with Crippen molar-refractivity contribution in [1.82, 2.24) is 5.32 Å². The number of imide groups is 1. The summed E-state index contributed by atoms with van der Waals surface area (Å²) in [5, 5.41) is 2.41. The SMILES string of the molecule is CC(=O)N1C(=O)[C@](NC(=O)OC(C)(C)C)([C@@]2(F)CCc3ccccc3C2=O)c2ccccc21. The van der Waals surface area contributed by atoms with E-state index < -0.39 is 40.5 Å². The van der Waals surface area contributed by atoms with Gasteiger partial charge in [0.15, 0.2) is 5.54 Å². The van der Waals surface area contributed by atoms with Crippen molar-refractivity contribution < 1.29 is 28.3 Å². The number of hydrogen-bond acceptors (Lipinski definition) is 5. The zero-order valence-corrected chi connectivity index (χ0v) is 18.9. The molecule has 1 aliphatic carbocycles. The van der Waals surface area contributed by atoms with Crippen LogP contribution in [0.5, 0.6) is 0 Å². The number of ketones is 1. The predicted molar refractivity (Wildman–Crippen MR) is 119 cm³/mol. The van der Waals surface area contributed by atoms with Crippen LogP contribution in [0, 0.1) is 0 Å². The molecule has 1 N–H and O–H groups in total. The highest BCUT2D eigenvalue weighted by Gasteiger charge is 2.70. The Balaban J connectivity index is 1.96. The standard InChI is InChI=1S/C25H25FN2O5/c1-15(29)28-19-12-8-7-11-18(19)25(21(28)31,27-22(32)33-23(2,3)4)24(26)14-13-16-9-5-6-10-17(16)20(24)30/h5-12H,13-14H2,1-4H3,(H,27,32)/t24-,25+/m1/s1. The number of alkyl carbamates (subject to hydrolysis) is 1. The number of anilines is 1. The monoisotopic (exact) mass is 452 g/mol. The first-order valence-electron chi connectivity index (χ1n) is 10.7. The van der Waals surface area contributed by atoms with Gasteiger partial charge in [0.25, 0.3) is 5.91 Å². The molecule has 33 heavy (non-hydrogen) atoms. The van der Waals surface area contributed by atoms with Crippen LogP contribution in [0.25, 0.3) is 0 Å². The average Bonchev–Trinajstić information content (AvgIpc) is 2.99. The molecule has 0 unspecified atom stereocenters. The minimum Gasteiger partial charge on any atom is -0.444 e. The molecule has 2 aromatic carbocycles. The first-order chi connectivity index (χ1) is 15.4. The number of para-hydroxylation sites is 1. The van der Waals surface area contributed by atoms with Gasteiger partial charge in [0, 0.05) is 18.1 Å². The molecule has 1 aliphatic heterocycles. The molecule has 172 valence electrons. The van der Waals surface area contributed by atoms with Gasteiger partial charge >= 0.3 is 6.09 Å². The van der Waals surface area contributed by atoms with Gasteiger partial charge in [-0.2, -0.15) is 0 Å². The number of alkyl halides is 1. The lowest BCUT2D eigenvalue weighted by atomic mass is 9.66. The van der Waals surface area contributed by atoms with Crippen LogP contribution in [0.4, 0.5) is 14.9 Å². The molecule has 0 spiro atoms. The number of benzene rings is 2. The zero-order valence-electron chi connectivity index (χ0n) is 18.9. The maximum absolute atomic E-state index is 17.2. The molecule has 4 rings (SSSR count). The number of halogens is 1. The number of carbonyl (C=O) groups is 4. The lowest BCUT2D eigenvalue weighted by molar-refractivity contribution is -0.133. The van der Waals surface area contributed by atoms with Gasteiger partial charge in [0.2, 0.25) is 17.4 Å². The Morgan fingerprint density at radius 1 is 1.06 bits per heavy atom. The molecule has 0 fully saturated rings. The van der Waals surface area contributed by atoms with Crippen molar-refractivity contribution in [3.63, 3.8) is 0 Å². The van der Waals surface area contributed by atoms with E-state index in [1.807, 2.05) is 0 Å². The lowest BCUT2D eigenvalue weighted by Crippen LogP contribution is -2.69. The Morgan fingerprint density at radius 2 is 1.70 bits per heavy atom. The van der Waals surface area contributed by atoms with E-state index in [1.165, 1.54) is 25.1 Å². The van der Waals surface area contributed by atoms with E-state index in [0.29, 0.717) is 5.56 Å². The fourth-order valence-corrected chi connectivity index (χ4v) is 4.70. The summed E-state index contributed by atoms with van der Waals surface area (Å²) in [5.41, 5.74) is -5.31. The number of Topliss-reactive ketones (excluding diaryl/α,β-unsaturated/α-hetero) is 1. The van der Waals surface area contributed by atoms with Crippen LogP contribution in [0.1, 0.15) is 55.6 Å². The number of fused-ring (bicyclic) bond motifs is 2. The van der Waals surface area contributed by atoms with Crippen molar-refractivity contribution in [3.8, 4) is 0 Å². The largest absolute Gasteiger partial charge is 0.444 e. The number of hydrogen-bond donors (Lipinski definition) is 1. The summed E-state index contributed by atoms with van der Waals surface area (Å²) in [7, 11) is 0. The molecule has 2 aliphatic rings. The number of nitrogens with one attached hydrogen (secondary N) is 1. The summed E-state index contributed by atoms with van der Waals surface area (Å²) < 4.78 is 22.5. The molecule has 0 aromatic heterocycles. The Morgan fingerprint density at radius 3 is 2.36 bits per heavy atom. The van der Waals surface area contributed by atoms with Crippen molar-refractivity contribution in [1.29, 1.82) is 0 Å². The van der Waals surface area contributed by atoms with Gasteiger partial charge in [-0.25, -0.2) is 14.1 Å². The molecule has 0 radical (unpaired) electrons. The fourth-order valence-electron chi connectivity index (χ4n) is 4.70. The van der Waals surface area contributed by atoms with Crippen molar-refractivity contribution in [3.05, 3.63) is 65.2 Å². The highest BCUT2D eigenvalue weighted by atomic mass is 19.1. The van der Waals surface area contributed by atoms with Crippen LogP contribution in [-0.4, -0.2) is 35.0 Å². The van der Waals surface area contributed by atoms with E-state index >= 15 is 4.39 Å². The first kappa shape index (κ1) is 22.6. The zero-order chi connectivity index (χ0) is 24.2. The van der Waals surface area contributed by atoms with Gasteiger partial charge in [0.1, 0.15) is 5.60 Å². The van der Waals surface area contributed by atoms with Crippen LogP contribution < -0.4 is 10.2 Å². The minimum atomic E-state index is -2.85. The Kier molecular flexibility index (Phi) is 5.15. The normalized spacial score (nSPS) is 24.2. The summed E-state index contributed by atoms with van der Waals surface area (Å²) in [4.78, 5) is 53.6. The van der Waals surface area contributed by atoms with Crippen molar-refractivity contribution in [2.24, 2.45) is 0 Å². The van der Waals surface area contributed by atoms with Gasteiger partial charge in [-0.3, -0.25) is 19.7 Å². The van der Waals surface area contributed by atoms with Gasteiger partial charge in [0.05, 0.1) is 5.69 Å². The summed E-state index contributed by atoms with van der Waals surface area (Å²) in [6.45, 7) is 6.04. The highest BCUT2D eigenvalue weighted by molar-refractivity contribution is 6.26. The second-order valence-corrected chi connectivity index (χ2v) is 9.34. The molecule has 0 saturated heterocycles. The third-order valence-electron chi connectivity index (χ3n) is 6.03. The van der Waals surface area contributed by atoms with Crippen LogP contribution in [0.2, 0.25) is 0 Å². The first-order valence-corrected chi connectivity index (χ1v) is 10.7. The molecule has 2 atom stereocenters. The van der Waals surface area contributed by atoms with E-state index in [2.05, 4.69) is 5.32 Å². The van der Waals surface area contributed by atoms with Gasteiger partial charge in [-0.1, -0.05) is 42.5 Å². The molecular weight excluding hydrogens is 427 g/mol. The third kappa shape index (κ3) is 3.32. The van der Waals surface area contributed by atoms with E-state index in [4.69, 9.17) is 4.74 Å². The van der Waals surface area contributed by atoms with Crippen LogP contribution in [0.15, 0.2) is 48.5 Å². The Bertz CT molecular complexity index is 1190. The lowest BCUT2D eigenvalue weighted by Gasteiger charge is -2.43. The average molecular weight is 452 g/mol. The molecule has 8 heteroatoms.